The second-order valence-corrected chi connectivity index (χ2v) is 11.5. The molecule has 0 saturated carbocycles. The predicted molar refractivity (Wildman–Crippen MR) is 155 cm³/mol. The van der Waals surface area contributed by atoms with Gasteiger partial charge in [-0.1, -0.05) is 89.8 Å². The van der Waals surface area contributed by atoms with Gasteiger partial charge in [0.05, 0.1) is 16.6 Å². The highest BCUT2D eigenvalue weighted by atomic mass is 32.2. The van der Waals surface area contributed by atoms with Crippen molar-refractivity contribution in [1.29, 1.82) is 0 Å². The average molecular weight is 565 g/mol. The molecule has 4 heterocycles. The first kappa shape index (κ1) is 24.5. The first-order chi connectivity index (χ1) is 19.6. The van der Waals surface area contributed by atoms with Crippen LogP contribution in [0.3, 0.4) is 0 Å². The monoisotopic (exact) mass is 564 g/mol. The molecular weight excluding hydrogens is 544 g/mol. The minimum absolute atomic E-state index is 0.00565. The van der Waals surface area contributed by atoms with Gasteiger partial charge >= 0.3 is 0 Å². The Bertz CT molecular complexity index is 1900. The molecular formula is C30H20N4O4S2. The summed E-state index contributed by atoms with van der Waals surface area (Å²) in [5.74, 6) is -0.565. The third kappa shape index (κ3) is 3.36. The first-order valence-electron chi connectivity index (χ1n) is 12.5. The number of fused-ring (bicyclic) bond motifs is 5. The van der Waals surface area contributed by atoms with Crippen LogP contribution in [0, 0.1) is 0 Å². The maximum Gasteiger partial charge on any atom is 0.297 e. The number of benzene rings is 3. The Hall–Kier alpha value is -4.54. The molecule has 2 aliphatic heterocycles. The fourth-order valence-electron chi connectivity index (χ4n) is 5.49. The molecule has 0 radical (unpaired) electrons. The molecule has 0 N–H and O–H groups in total. The molecule has 8 nitrogen and oxygen atoms in total. The Morgan fingerprint density at radius 2 is 1.70 bits per heavy atom. The van der Waals surface area contributed by atoms with Crippen LogP contribution >= 0.6 is 23.1 Å². The normalized spacial score (nSPS) is 17.6. The summed E-state index contributed by atoms with van der Waals surface area (Å²) in [5, 5.41) is 9.19. The molecule has 0 bridgehead atoms. The third-order valence-electron chi connectivity index (χ3n) is 7.14. The number of para-hydroxylation sites is 2. The van der Waals surface area contributed by atoms with Crippen molar-refractivity contribution in [3.63, 3.8) is 0 Å². The van der Waals surface area contributed by atoms with Crippen molar-refractivity contribution in [3.05, 3.63) is 124 Å². The number of hydrogen-bond donors (Lipinski definition) is 0. The molecule has 1 atom stereocenters. The largest absolute Gasteiger partial charge is 0.450 e. The van der Waals surface area contributed by atoms with Crippen molar-refractivity contribution < 1.29 is 14.0 Å². The van der Waals surface area contributed by atoms with Crippen LogP contribution in [0.15, 0.2) is 105 Å². The van der Waals surface area contributed by atoms with Gasteiger partial charge in [0, 0.05) is 17.9 Å². The Morgan fingerprint density at radius 3 is 2.52 bits per heavy atom. The number of aromatic nitrogens is 2. The molecule has 40 heavy (non-hydrogen) atoms. The van der Waals surface area contributed by atoms with Crippen LogP contribution in [0.2, 0.25) is 0 Å². The predicted octanol–water partition coefficient (Wildman–Crippen LogP) is 5.37. The average Bonchev–Trinajstić information content (AvgIpc) is 3.62. The van der Waals surface area contributed by atoms with Crippen LogP contribution < -0.4 is 15.2 Å². The summed E-state index contributed by atoms with van der Waals surface area (Å²) in [6.07, 6.45) is 1.61. The number of carbonyl (C=O) groups is 2. The number of thioether (sulfide) groups is 1. The van der Waals surface area contributed by atoms with E-state index < -0.39 is 22.8 Å². The van der Waals surface area contributed by atoms with Gasteiger partial charge in [0.1, 0.15) is 5.58 Å². The van der Waals surface area contributed by atoms with Gasteiger partial charge in [-0.2, -0.15) is 0 Å². The lowest BCUT2D eigenvalue weighted by atomic mass is 9.84. The fourth-order valence-corrected chi connectivity index (χ4v) is 7.34. The smallest absolute Gasteiger partial charge is 0.297 e. The molecule has 1 unspecified atom stereocenters. The minimum Gasteiger partial charge on any atom is -0.450 e. The minimum atomic E-state index is -1.79. The summed E-state index contributed by atoms with van der Waals surface area (Å²) in [6.45, 7) is 4.01. The number of rotatable bonds is 6. The van der Waals surface area contributed by atoms with Gasteiger partial charge in [-0.25, -0.2) is 0 Å². The van der Waals surface area contributed by atoms with E-state index >= 15 is 0 Å². The van der Waals surface area contributed by atoms with Crippen molar-refractivity contribution in [3.8, 4) is 0 Å². The van der Waals surface area contributed by atoms with Gasteiger partial charge in [-0.15, -0.1) is 16.8 Å². The molecule has 10 heteroatoms. The zero-order valence-electron chi connectivity index (χ0n) is 20.9. The Morgan fingerprint density at radius 1 is 0.950 bits per heavy atom. The van der Waals surface area contributed by atoms with E-state index in [0.29, 0.717) is 26.7 Å². The van der Waals surface area contributed by atoms with E-state index in [1.165, 1.54) is 28.0 Å². The molecule has 2 aliphatic rings. The highest BCUT2D eigenvalue weighted by Gasteiger charge is 2.66. The quantitative estimate of drug-likeness (QED) is 0.155. The van der Waals surface area contributed by atoms with Crippen molar-refractivity contribution in [2.24, 2.45) is 0 Å². The van der Waals surface area contributed by atoms with E-state index in [9.17, 15) is 14.4 Å². The topological polar surface area (TPSA) is 96.6 Å². The van der Waals surface area contributed by atoms with Crippen molar-refractivity contribution in [1.82, 2.24) is 10.2 Å². The van der Waals surface area contributed by atoms with Crippen molar-refractivity contribution in [2.45, 2.75) is 15.6 Å². The molecule has 3 aromatic carbocycles. The number of nitrogens with zero attached hydrogens (tertiary/aromatic N) is 4. The zero-order valence-corrected chi connectivity index (χ0v) is 22.6. The maximum atomic E-state index is 14.5. The summed E-state index contributed by atoms with van der Waals surface area (Å²) in [5.41, 5.74) is 0.256. The molecule has 0 saturated heterocycles. The van der Waals surface area contributed by atoms with Gasteiger partial charge in [-0.05, 0) is 23.8 Å². The standard InChI is InChI=1S/C30H20N4O4S2/c1-2-16-33-21-14-8-7-13-20(21)30(27(33)37)23-24(35)19-12-6-9-15-22(19)38-25(23)26(36)34(30)28-31-32-29(40-28)39-17-18-10-4-3-5-11-18/h2-15H,1,16-17H2. The number of amides is 2. The molecule has 2 amide bonds. The van der Waals surface area contributed by atoms with Gasteiger partial charge in [0.15, 0.2) is 15.3 Å². The first-order valence-corrected chi connectivity index (χ1v) is 14.3. The van der Waals surface area contributed by atoms with E-state index in [4.69, 9.17) is 4.42 Å². The SMILES string of the molecule is C=CCN1C(=O)C2(c3ccccc31)c1c(oc3ccccc3c1=O)C(=O)N2c1nnc(SCc2ccccc2)s1. The van der Waals surface area contributed by atoms with Crippen LogP contribution in [0.1, 0.15) is 27.2 Å². The number of hydrogen-bond acceptors (Lipinski definition) is 8. The molecule has 2 aromatic heterocycles. The Balaban J connectivity index is 1.45. The molecule has 0 fully saturated rings. The molecule has 0 aliphatic carbocycles. The lowest BCUT2D eigenvalue weighted by Gasteiger charge is -2.31. The highest BCUT2D eigenvalue weighted by molar-refractivity contribution is 8.00. The summed E-state index contributed by atoms with van der Waals surface area (Å²) < 4.78 is 6.70. The van der Waals surface area contributed by atoms with E-state index in [0.717, 1.165) is 5.56 Å². The zero-order chi connectivity index (χ0) is 27.4. The van der Waals surface area contributed by atoms with Gasteiger partial charge < -0.3 is 9.32 Å². The van der Waals surface area contributed by atoms with Gasteiger partial charge in [0.2, 0.25) is 10.9 Å². The van der Waals surface area contributed by atoms with Crippen molar-refractivity contribution >= 4 is 56.7 Å². The van der Waals surface area contributed by atoms with Crippen LogP contribution in [0.4, 0.5) is 10.8 Å². The van der Waals surface area contributed by atoms with Gasteiger partial charge in [-0.3, -0.25) is 19.3 Å². The van der Waals surface area contributed by atoms with Crippen LogP contribution in [0.25, 0.3) is 11.0 Å². The summed E-state index contributed by atoms with van der Waals surface area (Å²) in [4.78, 5) is 45.7. The second-order valence-electron chi connectivity index (χ2n) is 9.33. The Labute approximate surface area is 236 Å². The lowest BCUT2D eigenvalue weighted by Crippen LogP contribution is -2.53. The van der Waals surface area contributed by atoms with Crippen LogP contribution in [-0.2, 0) is 16.1 Å². The van der Waals surface area contributed by atoms with Crippen LogP contribution in [0.5, 0.6) is 0 Å². The third-order valence-corrected chi connectivity index (χ3v) is 9.25. The van der Waals surface area contributed by atoms with E-state index in [1.807, 2.05) is 36.4 Å². The van der Waals surface area contributed by atoms with E-state index in [1.54, 1.807) is 53.4 Å². The highest BCUT2D eigenvalue weighted by Crippen LogP contribution is 2.54. The second kappa shape index (κ2) is 9.29. The summed E-state index contributed by atoms with van der Waals surface area (Å²) in [7, 11) is 0. The number of anilines is 2. The van der Waals surface area contributed by atoms with Crippen molar-refractivity contribution in [2.75, 3.05) is 16.3 Å². The summed E-state index contributed by atoms with van der Waals surface area (Å²) in [6, 6.07) is 23.8. The maximum absolute atomic E-state index is 14.5. The number of carbonyl (C=O) groups excluding carboxylic acids is 2. The Kier molecular flexibility index (Phi) is 5.69. The lowest BCUT2D eigenvalue weighted by molar-refractivity contribution is -0.121. The fraction of sp³-hybridized carbons (Fsp3) is 0.100. The van der Waals surface area contributed by atoms with Crippen LogP contribution in [-0.4, -0.2) is 28.6 Å². The van der Waals surface area contributed by atoms with E-state index in [-0.39, 0.29) is 28.6 Å². The summed E-state index contributed by atoms with van der Waals surface area (Å²) >= 11 is 2.68. The van der Waals surface area contributed by atoms with E-state index in [2.05, 4.69) is 16.8 Å². The van der Waals surface area contributed by atoms with Gasteiger partial charge in [0.25, 0.3) is 11.8 Å². The molecule has 1 spiro atoms. The molecule has 5 aromatic rings. The molecule has 196 valence electrons. The molecule has 7 rings (SSSR count).